The number of carbonyl (C=O) groups is 2. The molecule has 0 radical (unpaired) electrons. The second kappa shape index (κ2) is 7.53. The smallest absolute Gasteiger partial charge is 0.410 e. The normalized spacial score (nSPS) is 20.4. The van der Waals surface area contributed by atoms with E-state index in [-0.39, 0.29) is 24.5 Å². The molecule has 0 spiro atoms. The Morgan fingerprint density at radius 1 is 1.34 bits per heavy atom. The van der Waals surface area contributed by atoms with Gasteiger partial charge in [-0.3, -0.25) is 4.79 Å². The van der Waals surface area contributed by atoms with E-state index in [9.17, 15) is 19.1 Å². The van der Waals surface area contributed by atoms with Crippen LogP contribution in [-0.2, 0) is 22.5 Å². The van der Waals surface area contributed by atoms with Crippen molar-refractivity contribution in [3.63, 3.8) is 0 Å². The van der Waals surface area contributed by atoms with Gasteiger partial charge in [0.25, 0.3) is 11.7 Å². The summed E-state index contributed by atoms with van der Waals surface area (Å²) >= 11 is 5.77. The summed E-state index contributed by atoms with van der Waals surface area (Å²) in [5.74, 6) is -2.74. The first kappa shape index (κ1) is 19.5. The fraction of sp³-hybridized carbons (Fsp3) is 0.300. The van der Waals surface area contributed by atoms with Crippen molar-refractivity contribution in [3.05, 3.63) is 58.4 Å². The van der Waals surface area contributed by atoms with Gasteiger partial charge < -0.3 is 24.8 Å². The van der Waals surface area contributed by atoms with Gasteiger partial charge in [-0.1, -0.05) is 11.6 Å². The Labute approximate surface area is 171 Å². The molecule has 0 bridgehead atoms. The number of nitrogens with zero attached hydrogens (tertiary/aromatic N) is 1. The number of hydrogen-bond donors (Lipinski definition) is 2. The van der Waals surface area contributed by atoms with Gasteiger partial charge in [-0.15, -0.1) is 0 Å². The number of aliphatic hydroxyl groups is 1. The van der Waals surface area contributed by atoms with E-state index in [0.29, 0.717) is 17.9 Å². The number of rotatable bonds is 4. The first-order chi connectivity index (χ1) is 13.8. The molecule has 0 aliphatic carbocycles. The van der Waals surface area contributed by atoms with Crippen molar-refractivity contribution in [2.75, 3.05) is 18.1 Å². The van der Waals surface area contributed by atoms with Crippen molar-refractivity contribution in [2.24, 2.45) is 0 Å². The van der Waals surface area contributed by atoms with E-state index < -0.39 is 23.6 Å². The molecule has 0 saturated carbocycles. The fourth-order valence-electron chi connectivity index (χ4n) is 3.44. The summed E-state index contributed by atoms with van der Waals surface area (Å²) in [6, 6.07) is 9.17. The number of benzene rings is 2. The molecular weight excluding hydrogens is 403 g/mol. The lowest BCUT2D eigenvalue weighted by molar-refractivity contribution is -0.175. The molecule has 2 aliphatic rings. The molecule has 2 amide bonds. The van der Waals surface area contributed by atoms with Gasteiger partial charge in [0.05, 0.1) is 6.61 Å². The zero-order valence-corrected chi connectivity index (χ0v) is 16.0. The average Bonchev–Trinajstić information content (AvgIpc) is 3.24. The molecule has 1 saturated heterocycles. The van der Waals surface area contributed by atoms with Gasteiger partial charge in [0, 0.05) is 36.6 Å². The van der Waals surface area contributed by atoms with Crippen LogP contribution in [0.3, 0.4) is 0 Å². The van der Waals surface area contributed by atoms with E-state index in [1.165, 1.54) is 17.0 Å². The maximum atomic E-state index is 13.4. The maximum Gasteiger partial charge on any atom is 0.410 e. The van der Waals surface area contributed by atoms with E-state index in [1.54, 1.807) is 12.1 Å². The molecule has 1 atom stereocenters. The average molecular weight is 421 g/mol. The predicted octanol–water partition coefficient (Wildman–Crippen LogP) is 2.77. The third kappa shape index (κ3) is 3.99. The zero-order valence-electron chi connectivity index (χ0n) is 15.3. The minimum Gasteiger partial charge on any atom is -0.493 e. The predicted molar refractivity (Wildman–Crippen MR) is 102 cm³/mol. The van der Waals surface area contributed by atoms with Gasteiger partial charge in [0.2, 0.25) is 0 Å². The van der Waals surface area contributed by atoms with Crippen LogP contribution in [-0.4, -0.2) is 36.0 Å². The molecule has 0 unspecified atom stereocenters. The van der Waals surface area contributed by atoms with Gasteiger partial charge in [-0.2, -0.15) is 0 Å². The topological polar surface area (TPSA) is 88.1 Å². The molecule has 2 aliphatic heterocycles. The van der Waals surface area contributed by atoms with Crippen LogP contribution < -0.4 is 15.0 Å². The first-order valence-corrected chi connectivity index (χ1v) is 9.44. The highest BCUT2D eigenvalue weighted by atomic mass is 35.5. The van der Waals surface area contributed by atoms with Gasteiger partial charge in [-0.25, -0.2) is 9.18 Å². The van der Waals surface area contributed by atoms with E-state index in [4.69, 9.17) is 21.1 Å². The van der Waals surface area contributed by atoms with E-state index >= 15 is 0 Å². The Balaban J connectivity index is 1.39. The fourth-order valence-corrected chi connectivity index (χ4v) is 3.69. The van der Waals surface area contributed by atoms with Crippen LogP contribution in [0, 0.1) is 5.82 Å². The highest BCUT2D eigenvalue weighted by Gasteiger charge is 2.49. The van der Waals surface area contributed by atoms with Crippen LogP contribution in [0.2, 0.25) is 5.02 Å². The number of nitrogens with one attached hydrogen (secondary N) is 1. The van der Waals surface area contributed by atoms with E-state index in [0.717, 1.165) is 23.8 Å². The Bertz CT molecular complexity index is 965. The number of halogens is 2. The van der Waals surface area contributed by atoms with Crippen LogP contribution in [0.4, 0.5) is 14.9 Å². The van der Waals surface area contributed by atoms with Crippen molar-refractivity contribution in [2.45, 2.75) is 25.2 Å². The number of hydrogen-bond acceptors (Lipinski definition) is 5. The molecule has 2 aromatic rings. The number of ether oxygens (including phenoxy) is 2. The van der Waals surface area contributed by atoms with Crippen LogP contribution in [0.15, 0.2) is 36.4 Å². The van der Waals surface area contributed by atoms with Crippen LogP contribution in [0.1, 0.15) is 17.5 Å². The summed E-state index contributed by atoms with van der Waals surface area (Å²) in [6.45, 7) is 0.716. The summed E-state index contributed by atoms with van der Waals surface area (Å²) < 4.78 is 23.8. The summed E-state index contributed by atoms with van der Waals surface area (Å²) in [7, 11) is 0. The van der Waals surface area contributed by atoms with Gasteiger partial charge in [0.1, 0.15) is 11.6 Å². The minimum atomic E-state index is -2.26. The number of amides is 2. The highest BCUT2D eigenvalue weighted by Crippen LogP contribution is 2.34. The molecule has 9 heteroatoms. The summed E-state index contributed by atoms with van der Waals surface area (Å²) in [6.07, 6.45) is -0.317. The maximum absolute atomic E-state index is 13.4. The number of fused-ring (bicyclic) bond motifs is 1. The first-order valence-electron chi connectivity index (χ1n) is 9.06. The molecule has 7 nitrogen and oxygen atoms in total. The van der Waals surface area contributed by atoms with Crippen molar-refractivity contribution in [1.29, 1.82) is 0 Å². The lowest BCUT2D eigenvalue weighted by Crippen LogP contribution is -2.46. The molecule has 2 heterocycles. The SMILES string of the molecule is O=C(NCc1cc(F)cc(Cl)c1)O[C@]1(O)CCN(c2ccc3c(c2)CCO3)C1=O. The standard InChI is InChI=1S/C20H18ClFN2O5/c21-14-7-12(8-15(22)10-14)11-23-19(26)29-20(27)4-5-24(18(20)25)16-1-2-17-13(9-16)3-6-28-17/h1-2,7-10,27H,3-6,11H2,(H,23,26)/t20-/m1/s1. The van der Waals surface area contributed by atoms with Crippen LogP contribution >= 0.6 is 11.6 Å². The number of carbonyl (C=O) groups excluding carboxylic acids is 2. The molecule has 152 valence electrons. The van der Waals surface area contributed by atoms with Crippen molar-refractivity contribution >= 4 is 29.3 Å². The molecular formula is C20H18ClFN2O5. The number of alkyl carbamates (subject to hydrolysis) is 1. The van der Waals surface area contributed by atoms with Crippen LogP contribution in [0.5, 0.6) is 5.75 Å². The van der Waals surface area contributed by atoms with Gasteiger partial charge in [-0.05, 0) is 47.5 Å². The Morgan fingerprint density at radius 2 is 2.17 bits per heavy atom. The molecule has 1 fully saturated rings. The minimum absolute atomic E-state index is 0.0708. The molecule has 4 rings (SSSR count). The summed E-state index contributed by atoms with van der Waals surface area (Å²) in [4.78, 5) is 26.2. The summed E-state index contributed by atoms with van der Waals surface area (Å²) in [5.41, 5.74) is 2.01. The third-order valence-corrected chi connectivity index (χ3v) is 5.08. The van der Waals surface area contributed by atoms with E-state index in [2.05, 4.69) is 5.32 Å². The largest absolute Gasteiger partial charge is 0.493 e. The quantitative estimate of drug-likeness (QED) is 0.742. The van der Waals surface area contributed by atoms with Gasteiger partial charge >= 0.3 is 6.09 Å². The van der Waals surface area contributed by atoms with E-state index in [1.807, 2.05) is 6.07 Å². The second-order valence-electron chi connectivity index (χ2n) is 6.90. The molecule has 2 aromatic carbocycles. The third-order valence-electron chi connectivity index (χ3n) is 4.86. The molecule has 2 N–H and O–H groups in total. The summed E-state index contributed by atoms with van der Waals surface area (Å²) in [5, 5.41) is 13.1. The Kier molecular flexibility index (Phi) is 5.06. The molecule has 0 aromatic heterocycles. The number of anilines is 1. The van der Waals surface area contributed by atoms with Crippen LogP contribution in [0.25, 0.3) is 0 Å². The Hall–Kier alpha value is -2.84. The molecule has 29 heavy (non-hydrogen) atoms. The lowest BCUT2D eigenvalue weighted by Gasteiger charge is -2.22. The Morgan fingerprint density at radius 3 is 2.97 bits per heavy atom. The van der Waals surface area contributed by atoms with Crippen molar-refractivity contribution in [1.82, 2.24) is 5.32 Å². The van der Waals surface area contributed by atoms with Gasteiger partial charge in [0.15, 0.2) is 0 Å². The van der Waals surface area contributed by atoms with Crippen molar-refractivity contribution in [3.8, 4) is 5.75 Å². The monoisotopic (exact) mass is 420 g/mol. The highest BCUT2D eigenvalue weighted by molar-refractivity contribution is 6.30. The lowest BCUT2D eigenvalue weighted by atomic mass is 10.1. The zero-order chi connectivity index (χ0) is 20.6. The second-order valence-corrected chi connectivity index (χ2v) is 7.34. The van der Waals surface area contributed by atoms with Crippen molar-refractivity contribution < 1.29 is 28.6 Å².